The highest BCUT2D eigenvalue weighted by molar-refractivity contribution is 6.30. The second kappa shape index (κ2) is 12.5. The minimum Gasteiger partial charge on any atom is -0.489 e. The van der Waals surface area contributed by atoms with Crippen molar-refractivity contribution in [2.75, 3.05) is 31.6 Å². The monoisotopic (exact) mass is 462 g/mol. The number of carboxylic acid groups (broad SMARTS) is 1. The van der Waals surface area contributed by atoms with Crippen LogP contribution in [-0.4, -0.2) is 59.7 Å². The Morgan fingerprint density at radius 1 is 1.12 bits per heavy atom. The first-order valence-corrected chi connectivity index (χ1v) is 11.4. The Balaban J connectivity index is 0.000000650. The minimum atomic E-state index is -1.17. The highest BCUT2D eigenvalue weighted by Gasteiger charge is 2.25. The fourth-order valence-corrected chi connectivity index (χ4v) is 3.49. The Labute approximate surface area is 193 Å². The summed E-state index contributed by atoms with van der Waals surface area (Å²) in [6.45, 7) is 2.07. The number of nitrogens with zero attached hydrogens (tertiary/aromatic N) is 1. The van der Waals surface area contributed by atoms with Crippen LogP contribution >= 0.6 is 11.6 Å². The number of ether oxygens (including phenoxy) is 2. The Hall–Kier alpha value is -2.48. The largest absolute Gasteiger partial charge is 0.489 e. The molecule has 1 amide bonds. The molecule has 2 atom stereocenters. The average Bonchev–Trinajstić information content (AvgIpc) is 3.14. The molecular formula is C24H31ClN2O5. The third-order valence-corrected chi connectivity index (χ3v) is 5.63. The van der Waals surface area contributed by atoms with Gasteiger partial charge in [-0.3, -0.25) is 10.2 Å². The van der Waals surface area contributed by atoms with E-state index < -0.39 is 12.2 Å². The molecule has 0 bridgehead atoms. The maximum atomic E-state index is 10.8. The van der Waals surface area contributed by atoms with Gasteiger partial charge in [-0.05, 0) is 42.8 Å². The molecule has 1 heterocycles. The van der Waals surface area contributed by atoms with Gasteiger partial charge >= 0.3 is 6.09 Å². The molecule has 3 N–H and O–H groups in total. The average molecular weight is 463 g/mol. The summed E-state index contributed by atoms with van der Waals surface area (Å²) in [4.78, 5) is 12.9. The van der Waals surface area contributed by atoms with Gasteiger partial charge in [0.1, 0.15) is 30.3 Å². The lowest BCUT2D eigenvalue weighted by Gasteiger charge is -2.21. The van der Waals surface area contributed by atoms with Crippen molar-refractivity contribution in [3.8, 4) is 11.5 Å². The number of anilines is 1. The molecule has 2 aromatic carbocycles. The topological polar surface area (TPSA) is 91.3 Å². The van der Waals surface area contributed by atoms with Gasteiger partial charge in [0.15, 0.2) is 0 Å². The normalized spacial score (nSPS) is 18.6. The fourth-order valence-electron chi connectivity index (χ4n) is 3.36. The third-order valence-electron chi connectivity index (χ3n) is 5.37. The van der Waals surface area contributed by atoms with Crippen LogP contribution in [0.3, 0.4) is 0 Å². The van der Waals surface area contributed by atoms with Gasteiger partial charge in [0.05, 0.1) is 5.69 Å². The van der Waals surface area contributed by atoms with Crippen molar-refractivity contribution in [3.63, 3.8) is 0 Å². The van der Waals surface area contributed by atoms with Crippen LogP contribution in [0.15, 0.2) is 48.5 Å². The van der Waals surface area contributed by atoms with E-state index in [0.717, 1.165) is 25.3 Å². The molecule has 2 aliphatic rings. The number of aliphatic hydroxyl groups excluding tert-OH is 1. The van der Waals surface area contributed by atoms with Crippen molar-refractivity contribution >= 4 is 23.4 Å². The fraction of sp³-hybridized carbons (Fsp3) is 0.458. The molecule has 0 spiro atoms. The molecule has 174 valence electrons. The predicted molar refractivity (Wildman–Crippen MR) is 125 cm³/mol. The number of likely N-dealkylation sites (tertiary alicyclic amines) is 1. The van der Waals surface area contributed by atoms with Gasteiger partial charge in [0.2, 0.25) is 0 Å². The Bertz CT molecular complexity index is 841. The van der Waals surface area contributed by atoms with Crippen LogP contribution in [-0.2, 0) is 0 Å². The summed E-state index contributed by atoms with van der Waals surface area (Å²) in [6.07, 6.45) is 5.07. The van der Waals surface area contributed by atoms with Crippen molar-refractivity contribution < 1.29 is 24.5 Å². The van der Waals surface area contributed by atoms with Gasteiger partial charge in [-0.2, -0.15) is 0 Å². The smallest absolute Gasteiger partial charge is 0.409 e. The summed E-state index contributed by atoms with van der Waals surface area (Å²) >= 11 is 5.88. The van der Waals surface area contributed by atoms with E-state index in [1.807, 2.05) is 12.1 Å². The zero-order valence-corrected chi connectivity index (χ0v) is 18.8. The molecule has 1 saturated carbocycles. The van der Waals surface area contributed by atoms with Gasteiger partial charge < -0.3 is 19.7 Å². The lowest BCUT2D eigenvalue weighted by molar-refractivity contribution is 0.0722. The van der Waals surface area contributed by atoms with Crippen LogP contribution in [0, 0.1) is 0 Å². The number of benzene rings is 2. The van der Waals surface area contributed by atoms with Gasteiger partial charge in [0.25, 0.3) is 0 Å². The van der Waals surface area contributed by atoms with Crippen molar-refractivity contribution in [1.82, 2.24) is 4.90 Å². The summed E-state index contributed by atoms with van der Waals surface area (Å²) in [6, 6.07) is 14.0. The van der Waals surface area contributed by atoms with Crippen molar-refractivity contribution in [2.45, 2.75) is 44.3 Å². The number of carbonyl (C=O) groups is 1. The van der Waals surface area contributed by atoms with Crippen LogP contribution in [0.1, 0.15) is 32.1 Å². The first-order chi connectivity index (χ1) is 15.5. The maximum Gasteiger partial charge on any atom is 0.409 e. The number of amides is 1. The number of para-hydroxylation sites is 2. The number of hydrogen-bond donors (Lipinski definition) is 3. The van der Waals surface area contributed by atoms with E-state index in [-0.39, 0.29) is 12.7 Å². The molecule has 2 aromatic rings. The second-order valence-corrected chi connectivity index (χ2v) is 8.48. The highest BCUT2D eigenvalue weighted by atomic mass is 35.5. The Morgan fingerprint density at radius 2 is 1.81 bits per heavy atom. The van der Waals surface area contributed by atoms with Crippen LogP contribution in [0.25, 0.3) is 0 Å². The van der Waals surface area contributed by atoms with Crippen LogP contribution in [0.5, 0.6) is 11.5 Å². The van der Waals surface area contributed by atoms with Gasteiger partial charge in [0, 0.05) is 24.7 Å². The summed E-state index contributed by atoms with van der Waals surface area (Å²) in [7, 11) is 0. The number of aliphatic hydroxyl groups is 1. The molecule has 2 unspecified atom stereocenters. The zero-order chi connectivity index (χ0) is 22.8. The van der Waals surface area contributed by atoms with Crippen molar-refractivity contribution in [3.05, 3.63) is 53.6 Å². The number of halogens is 1. The van der Waals surface area contributed by atoms with Gasteiger partial charge in [-0.25, -0.2) is 4.79 Å². The zero-order valence-electron chi connectivity index (χ0n) is 18.1. The van der Waals surface area contributed by atoms with Gasteiger partial charge in [-0.15, -0.1) is 0 Å². The molecular weight excluding hydrogens is 432 g/mol. The summed E-state index contributed by atoms with van der Waals surface area (Å²) in [5.41, 5.74) is 0.347. The first kappa shape index (κ1) is 24.2. The number of hydrogen-bond acceptors (Lipinski definition) is 5. The minimum absolute atomic E-state index is 0.0646. The number of nitrogens with one attached hydrogen (secondary N) is 1. The number of rotatable bonds is 8. The molecule has 0 radical (unpaired) electrons. The van der Waals surface area contributed by atoms with Crippen molar-refractivity contribution in [2.24, 2.45) is 0 Å². The highest BCUT2D eigenvalue weighted by Crippen LogP contribution is 2.24. The van der Waals surface area contributed by atoms with E-state index in [2.05, 4.69) is 10.2 Å². The van der Waals surface area contributed by atoms with Crippen LogP contribution < -0.4 is 14.8 Å². The van der Waals surface area contributed by atoms with Crippen LogP contribution in [0.4, 0.5) is 10.5 Å². The molecule has 1 aliphatic carbocycles. The molecule has 32 heavy (non-hydrogen) atoms. The van der Waals surface area contributed by atoms with Crippen LogP contribution in [0.2, 0.25) is 5.02 Å². The van der Waals surface area contributed by atoms with E-state index in [1.54, 1.807) is 36.4 Å². The maximum absolute atomic E-state index is 10.8. The summed E-state index contributed by atoms with van der Waals surface area (Å²) in [5.74, 6) is 1.16. The molecule has 7 nitrogen and oxygen atoms in total. The van der Waals surface area contributed by atoms with E-state index in [4.69, 9.17) is 26.2 Å². The molecule has 2 fully saturated rings. The lowest BCUT2D eigenvalue weighted by atomic mass is 10.0. The van der Waals surface area contributed by atoms with E-state index in [0.29, 0.717) is 23.0 Å². The molecule has 4 rings (SSSR count). The summed E-state index contributed by atoms with van der Waals surface area (Å²) < 4.78 is 11.5. The number of β-amino-alcohol motifs (C(OH)–C–C–N with tert-alkyl or cyclic N) is 1. The lowest BCUT2D eigenvalue weighted by Crippen LogP contribution is -2.35. The molecule has 1 saturated heterocycles. The quantitative estimate of drug-likeness (QED) is 0.517. The Morgan fingerprint density at radius 3 is 2.47 bits per heavy atom. The van der Waals surface area contributed by atoms with E-state index in [1.165, 1.54) is 25.7 Å². The van der Waals surface area contributed by atoms with E-state index in [9.17, 15) is 9.90 Å². The first-order valence-electron chi connectivity index (χ1n) is 11.0. The predicted octanol–water partition coefficient (Wildman–Crippen LogP) is 4.88. The van der Waals surface area contributed by atoms with E-state index >= 15 is 0 Å². The molecule has 8 heteroatoms. The standard InChI is InChI=1S/C20H23ClN2O5.C4H8/c21-14-5-7-16(8-6-14)28-17-9-10-23(12-17)11-15(24)13-27-19-4-2-1-3-18(19)22-20(25)26;1-2-4-3-1/h1-8,15,17,22,24H,9-13H2,(H,25,26);1-4H2. The molecule has 1 aliphatic heterocycles. The summed E-state index contributed by atoms with van der Waals surface area (Å²) in [5, 5.41) is 22.1. The third kappa shape index (κ3) is 8.22. The van der Waals surface area contributed by atoms with Gasteiger partial charge in [-0.1, -0.05) is 49.4 Å². The van der Waals surface area contributed by atoms with Crippen molar-refractivity contribution in [1.29, 1.82) is 0 Å². The molecule has 0 aromatic heterocycles. The Kier molecular flexibility index (Phi) is 9.46. The second-order valence-electron chi connectivity index (χ2n) is 8.05. The SMILES string of the molecule is C1CCC1.O=C(O)Nc1ccccc1OCC(O)CN1CCC(Oc2ccc(Cl)cc2)C1.